The lowest BCUT2D eigenvalue weighted by atomic mass is 10.1. The van der Waals surface area contributed by atoms with Crippen molar-refractivity contribution in [2.45, 2.75) is 18.7 Å². The lowest BCUT2D eigenvalue weighted by Gasteiger charge is -2.40. The van der Waals surface area contributed by atoms with Gasteiger partial charge in [0.1, 0.15) is 5.25 Å². The Kier molecular flexibility index (Phi) is 5.15. The van der Waals surface area contributed by atoms with Gasteiger partial charge in [-0.05, 0) is 24.3 Å². The maximum absolute atomic E-state index is 12.8. The van der Waals surface area contributed by atoms with Crippen molar-refractivity contribution in [2.75, 3.05) is 19.6 Å². The first kappa shape index (κ1) is 17.6. The highest BCUT2D eigenvalue weighted by atomic mass is 32.2. The third-order valence-corrected chi connectivity index (χ3v) is 6.60. The predicted octanol–water partition coefficient (Wildman–Crippen LogP) is 1.76. The Hall–Kier alpha value is -2.25. The zero-order chi connectivity index (χ0) is 17.9. The molecule has 1 aliphatic rings. The van der Waals surface area contributed by atoms with Gasteiger partial charge in [-0.15, -0.1) is 0 Å². The van der Waals surface area contributed by atoms with Gasteiger partial charge in [-0.3, -0.25) is 9.78 Å². The van der Waals surface area contributed by atoms with Crippen LogP contribution >= 0.6 is 0 Å². The number of hydrogen-bond acceptors (Lipinski definition) is 4. The van der Waals surface area contributed by atoms with Crippen LogP contribution in [-0.4, -0.2) is 53.4 Å². The average molecular weight is 359 g/mol. The molecule has 0 saturated carbocycles. The van der Waals surface area contributed by atoms with E-state index in [9.17, 15) is 13.2 Å². The maximum Gasteiger partial charge on any atom is 0.253 e. The molecule has 0 bridgehead atoms. The number of hydrogen-bond donors (Lipinski definition) is 0. The lowest BCUT2D eigenvalue weighted by Crippen LogP contribution is -2.59. The van der Waals surface area contributed by atoms with Crippen LogP contribution in [0.3, 0.4) is 0 Å². The highest BCUT2D eigenvalue weighted by molar-refractivity contribution is 7.89. The Morgan fingerprint density at radius 2 is 1.84 bits per heavy atom. The van der Waals surface area contributed by atoms with Gasteiger partial charge in [0.25, 0.3) is 5.91 Å². The summed E-state index contributed by atoms with van der Waals surface area (Å²) in [5.41, 5.74) is 1.30. The Labute approximate surface area is 148 Å². The summed E-state index contributed by atoms with van der Waals surface area (Å²) in [6.45, 7) is 2.90. The molecular weight excluding hydrogens is 338 g/mol. The van der Waals surface area contributed by atoms with Crippen LogP contribution in [0.5, 0.6) is 0 Å². The molecule has 1 aromatic carbocycles. The fourth-order valence-electron chi connectivity index (χ4n) is 2.82. The number of benzene rings is 1. The van der Waals surface area contributed by atoms with E-state index in [-0.39, 0.29) is 25.5 Å². The maximum atomic E-state index is 12.8. The molecule has 1 fully saturated rings. The van der Waals surface area contributed by atoms with E-state index >= 15 is 0 Å². The summed E-state index contributed by atoms with van der Waals surface area (Å²) < 4.78 is 27.1. The van der Waals surface area contributed by atoms with E-state index in [0.29, 0.717) is 17.8 Å². The number of rotatable bonds is 6. The number of aromatic nitrogens is 1. The molecule has 0 unspecified atom stereocenters. The van der Waals surface area contributed by atoms with Gasteiger partial charge in [0, 0.05) is 31.4 Å². The fourth-order valence-corrected chi connectivity index (χ4v) is 4.65. The number of carbonyl (C=O) groups is 1. The van der Waals surface area contributed by atoms with Crippen molar-refractivity contribution in [1.29, 1.82) is 0 Å². The lowest BCUT2D eigenvalue weighted by molar-refractivity contribution is 0.0655. The summed E-state index contributed by atoms with van der Waals surface area (Å²) in [6, 6.07) is 14.4. The van der Waals surface area contributed by atoms with E-state index in [1.54, 1.807) is 41.4 Å². The van der Waals surface area contributed by atoms with Crippen LogP contribution in [-0.2, 0) is 16.6 Å². The molecule has 2 aromatic rings. The Bertz CT molecular complexity index is 819. The monoisotopic (exact) mass is 359 g/mol. The van der Waals surface area contributed by atoms with Crippen molar-refractivity contribution < 1.29 is 13.2 Å². The van der Waals surface area contributed by atoms with Gasteiger partial charge in [0.2, 0.25) is 10.0 Å². The second-order valence-corrected chi connectivity index (χ2v) is 8.20. The van der Waals surface area contributed by atoms with Gasteiger partial charge in [-0.1, -0.05) is 31.2 Å². The molecule has 3 rings (SSSR count). The Morgan fingerprint density at radius 3 is 2.44 bits per heavy atom. The minimum atomic E-state index is -3.46. The number of nitrogens with zero attached hydrogens (tertiary/aromatic N) is 3. The van der Waals surface area contributed by atoms with Crippen molar-refractivity contribution in [3.8, 4) is 0 Å². The van der Waals surface area contributed by atoms with Gasteiger partial charge >= 0.3 is 0 Å². The number of sulfonamides is 1. The van der Waals surface area contributed by atoms with Gasteiger partial charge in [0.05, 0.1) is 12.2 Å². The van der Waals surface area contributed by atoms with E-state index in [0.717, 1.165) is 0 Å². The molecule has 1 aromatic heterocycles. The summed E-state index contributed by atoms with van der Waals surface area (Å²) in [6.07, 6.45) is 1.65. The molecule has 25 heavy (non-hydrogen) atoms. The number of carbonyl (C=O) groups excluding carboxylic acids is 1. The fraction of sp³-hybridized carbons (Fsp3) is 0.333. The van der Waals surface area contributed by atoms with Crippen LogP contribution < -0.4 is 0 Å². The highest BCUT2D eigenvalue weighted by Crippen LogP contribution is 2.23. The van der Waals surface area contributed by atoms with Gasteiger partial charge < -0.3 is 4.90 Å². The summed E-state index contributed by atoms with van der Waals surface area (Å²) in [4.78, 5) is 18.1. The Balaban J connectivity index is 1.64. The molecule has 0 radical (unpaired) electrons. The molecule has 1 saturated heterocycles. The van der Waals surface area contributed by atoms with Crippen LogP contribution in [0.25, 0.3) is 0 Å². The quantitative estimate of drug-likeness (QED) is 0.788. The smallest absolute Gasteiger partial charge is 0.253 e. The molecule has 1 aliphatic heterocycles. The molecule has 0 N–H and O–H groups in total. The first-order chi connectivity index (χ1) is 12.0. The summed E-state index contributed by atoms with van der Waals surface area (Å²) in [7, 11) is -3.46. The number of pyridine rings is 1. The second kappa shape index (κ2) is 7.33. The van der Waals surface area contributed by atoms with Crippen molar-refractivity contribution in [2.24, 2.45) is 0 Å². The molecule has 6 nitrogen and oxygen atoms in total. The molecular formula is C18H21N3O3S. The number of likely N-dealkylation sites (tertiary alicyclic amines) is 1. The van der Waals surface area contributed by atoms with Crippen LogP contribution in [0, 0.1) is 0 Å². The summed E-state index contributed by atoms with van der Waals surface area (Å²) >= 11 is 0. The molecule has 0 atom stereocenters. The van der Waals surface area contributed by atoms with Crippen LogP contribution in [0.15, 0.2) is 54.7 Å². The minimum absolute atomic E-state index is 0.125. The zero-order valence-electron chi connectivity index (χ0n) is 14.1. The standard InChI is InChI=1S/C18H21N3O3S/c1-2-21(12-16-10-6-7-11-19-16)25(23,24)17-13-20(14-17)18(22)15-8-4-3-5-9-15/h3-11,17H,2,12-14H2,1H3. The van der Waals surface area contributed by atoms with Gasteiger partial charge in [0.15, 0.2) is 0 Å². The van der Waals surface area contributed by atoms with Crippen molar-refractivity contribution in [1.82, 2.24) is 14.2 Å². The normalized spacial score (nSPS) is 15.2. The van der Waals surface area contributed by atoms with Gasteiger partial charge in [-0.25, -0.2) is 8.42 Å². The minimum Gasteiger partial charge on any atom is -0.336 e. The summed E-state index contributed by atoms with van der Waals surface area (Å²) in [5.74, 6) is -0.125. The molecule has 7 heteroatoms. The van der Waals surface area contributed by atoms with E-state index in [1.807, 2.05) is 25.1 Å². The van der Waals surface area contributed by atoms with Crippen molar-refractivity contribution >= 4 is 15.9 Å². The molecule has 0 aliphatic carbocycles. The molecule has 2 heterocycles. The highest BCUT2D eigenvalue weighted by Gasteiger charge is 2.42. The van der Waals surface area contributed by atoms with Gasteiger partial charge in [-0.2, -0.15) is 4.31 Å². The van der Waals surface area contributed by atoms with E-state index in [4.69, 9.17) is 0 Å². The number of amides is 1. The van der Waals surface area contributed by atoms with Crippen LogP contribution in [0.4, 0.5) is 0 Å². The van der Waals surface area contributed by atoms with Crippen molar-refractivity contribution in [3.63, 3.8) is 0 Å². The Morgan fingerprint density at radius 1 is 1.16 bits per heavy atom. The molecule has 1 amide bonds. The average Bonchev–Trinajstić information content (AvgIpc) is 2.59. The second-order valence-electron chi connectivity index (χ2n) is 5.99. The summed E-state index contributed by atoms with van der Waals surface area (Å²) in [5, 5.41) is -0.552. The molecule has 0 spiro atoms. The van der Waals surface area contributed by atoms with E-state index in [2.05, 4.69) is 4.98 Å². The van der Waals surface area contributed by atoms with E-state index in [1.165, 1.54) is 4.31 Å². The molecule has 132 valence electrons. The van der Waals surface area contributed by atoms with Crippen LogP contribution in [0.1, 0.15) is 23.0 Å². The predicted molar refractivity (Wildman–Crippen MR) is 95.4 cm³/mol. The SMILES string of the molecule is CCN(Cc1ccccn1)S(=O)(=O)C1CN(C(=O)c2ccccc2)C1. The third kappa shape index (κ3) is 3.72. The largest absolute Gasteiger partial charge is 0.336 e. The van der Waals surface area contributed by atoms with E-state index < -0.39 is 15.3 Å². The first-order valence-electron chi connectivity index (χ1n) is 8.25. The van der Waals surface area contributed by atoms with Crippen molar-refractivity contribution in [3.05, 3.63) is 66.0 Å². The topological polar surface area (TPSA) is 70.6 Å². The third-order valence-electron chi connectivity index (χ3n) is 4.35. The van der Waals surface area contributed by atoms with Crippen LogP contribution in [0.2, 0.25) is 0 Å². The first-order valence-corrected chi connectivity index (χ1v) is 9.76. The zero-order valence-corrected chi connectivity index (χ0v) is 14.9.